The van der Waals surface area contributed by atoms with Crippen LogP contribution in [-0.2, 0) is 11.3 Å². The van der Waals surface area contributed by atoms with Crippen LogP contribution < -0.4 is 14.8 Å². The van der Waals surface area contributed by atoms with Gasteiger partial charge in [0.1, 0.15) is 18.1 Å². The van der Waals surface area contributed by atoms with Gasteiger partial charge < -0.3 is 19.7 Å². The van der Waals surface area contributed by atoms with E-state index in [0.717, 1.165) is 35.6 Å². The van der Waals surface area contributed by atoms with E-state index in [2.05, 4.69) is 30.1 Å². The summed E-state index contributed by atoms with van der Waals surface area (Å²) >= 11 is 0. The smallest absolute Gasteiger partial charge is 0.258 e. The Morgan fingerprint density at radius 1 is 1.07 bits per heavy atom. The maximum atomic E-state index is 12.1. The fourth-order valence-corrected chi connectivity index (χ4v) is 2.68. The third-order valence-corrected chi connectivity index (χ3v) is 4.64. The van der Waals surface area contributed by atoms with Crippen molar-refractivity contribution in [1.82, 2.24) is 10.2 Å². The van der Waals surface area contributed by atoms with Crippen molar-refractivity contribution in [2.45, 2.75) is 32.7 Å². The third kappa shape index (κ3) is 7.24. The predicted octanol–water partition coefficient (Wildman–Crippen LogP) is 3.84. The third-order valence-electron chi connectivity index (χ3n) is 4.64. The second-order valence-electron chi connectivity index (χ2n) is 7.21. The van der Waals surface area contributed by atoms with E-state index in [-0.39, 0.29) is 12.5 Å². The molecular weight excluding hydrogens is 352 g/mol. The van der Waals surface area contributed by atoms with Gasteiger partial charge in [-0.3, -0.25) is 4.79 Å². The minimum absolute atomic E-state index is 0.0131. The molecule has 2 aromatic rings. The zero-order chi connectivity index (χ0) is 20.4. The first kappa shape index (κ1) is 21.8. The molecule has 0 aromatic heterocycles. The van der Waals surface area contributed by atoms with Crippen molar-refractivity contribution in [3.8, 4) is 11.5 Å². The van der Waals surface area contributed by atoms with E-state index in [9.17, 15) is 4.79 Å². The summed E-state index contributed by atoms with van der Waals surface area (Å²) in [5.41, 5.74) is 2.16. The van der Waals surface area contributed by atoms with Crippen LogP contribution in [0, 0.1) is 0 Å². The van der Waals surface area contributed by atoms with Crippen molar-refractivity contribution >= 4 is 5.91 Å². The average molecular weight is 385 g/mol. The van der Waals surface area contributed by atoms with Crippen LogP contribution in [0.15, 0.2) is 48.5 Å². The van der Waals surface area contributed by atoms with Gasteiger partial charge in [-0.1, -0.05) is 44.2 Å². The van der Waals surface area contributed by atoms with E-state index < -0.39 is 0 Å². The molecule has 0 aliphatic carbocycles. The monoisotopic (exact) mass is 384 g/mol. The Kier molecular flexibility index (Phi) is 8.82. The highest BCUT2D eigenvalue weighted by Crippen LogP contribution is 2.28. The standard InChI is InChI=1S/C23H32N2O3/c1-5-18(2)21-8-6-7-9-22(21)28-17-23(26)24-16-19-10-12-20(13-11-19)27-15-14-25(3)4/h6-13,18H,5,14-17H2,1-4H3,(H,24,26). The van der Waals surface area contributed by atoms with Crippen molar-refractivity contribution in [1.29, 1.82) is 0 Å². The zero-order valence-electron chi connectivity index (χ0n) is 17.4. The van der Waals surface area contributed by atoms with Crippen LogP contribution in [0.25, 0.3) is 0 Å². The molecule has 0 radical (unpaired) electrons. The quantitative estimate of drug-likeness (QED) is 0.640. The normalized spacial score (nSPS) is 11.9. The molecule has 5 nitrogen and oxygen atoms in total. The minimum atomic E-state index is -0.134. The number of benzene rings is 2. The highest BCUT2D eigenvalue weighted by molar-refractivity contribution is 5.77. The second kappa shape index (κ2) is 11.3. The van der Waals surface area contributed by atoms with Crippen molar-refractivity contribution in [3.63, 3.8) is 0 Å². The molecule has 152 valence electrons. The number of para-hydroxylation sites is 1. The van der Waals surface area contributed by atoms with Gasteiger partial charge in [0.15, 0.2) is 6.61 Å². The summed E-state index contributed by atoms with van der Waals surface area (Å²) < 4.78 is 11.4. The highest BCUT2D eigenvalue weighted by atomic mass is 16.5. The van der Waals surface area contributed by atoms with E-state index >= 15 is 0 Å². The summed E-state index contributed by atoms with van der Waals surface area (Å²) in [7, 11) is 4.03. The van der Waals surface area contributed by atoms with Crippen molar-refractivity contribution < 1.29 is 14.3 Å². The van der Waals surface area contributed by atoms with Crippen LogP contribution >= 0.6 is 0 Å². The molecule has 0 bridgehead atoms. The molecule has 1 amide bonds. The summed E-state index contributed by atoms with van der Waals surface area (Å²) in [6.45, 7) is 6.31. The maximum absolute atomic E-state index is 12.1. The summed E-state index contributed by atoms with van der Waals surface area (Å²) in [4.78, 5) is 14.2. The lowest BCUT2D eigenvalue weighted by molar-refractivity contribution is -0.123. The Bertz CT molecular complexity index is 729. The first-order valence-corrected chi connectivity index (χ1v) is 9.84. The molecule has 0 saturated heterocycles. The van der Waals surface area contributed by atoms with Crippen molar-refractivity contribution in [2.75, 3.05) is 33.9 Å². The number of amides is 1. The van der Waals surface area contributed by atoms with Crippen LogP contribution in [0.5, 0.6) is 11.5 Å². The van der Waals surface area contributed by atoms with Crippen LogP contribution in [0.2, 0.25) is 0 Å². The maximum Gasteiger partial charge on any atom is 0.258 e. The van der Waals surface area contributed by atoms with E-state index in [1.54, 1.807) is 0 Å². The van der Waals surface area contributed by atoms with Gasteiger partial charge in [0.25, 0.3) is 5.91 Å². The number of rotatable bonds is 11. The summed E-state index contributed by atoms with van der Waals surface area (Å²) in [5.74, 6) is 1.89. The lowest BCUT2D eigenvalue weighted by Gasteiger charge is -2.15. The Morgan fingerprint density at radius 2 is 1.79 bits per heavy atom. The molecular formula is C23H32N2O3. The number of nitrogens with zero attached hydrogens (tertiary/aromatic N) is 1. The molecule has 0 heterocycles. The van der Waals surface area contributed by atoms with Gasteiger partial charge in [-0.15, -0.1) is 0 Å². The molecule has 0 aliphatic rings. The molecule has 5 heteroatoms. The molecule has 2 rings (SSSR count). The van der Waals surface area contributed by atoms with Crippen LogP contribution in [-0.4, -0.2) is 44.7 Å². The molecule has 0 aliphatic heterocycles. The number of ether oxygens (including phenoxy) is 2. The average Bonchev–Trinajstić information content (AvgIpc) is 2.71. The summed E-state index contributed by atoms with van der Waals surface area (Å²) in [6, 6.07) is 15.7. The Labute approximate surface area is 168 Å². The van der Waals surface area contributed by atoms with Crippen LogP contribution in [0.1, 0.15) is 37.3 Å². The predicted molar refractivity (Wildman–Crippen MR) is 113 cm³/mol. The Balaban J connectivity index is 1.77. The fraction of sp³-hybridized carbons (Fsp3) is 0.435. The minimum Gasteiger partial charge on any atom is -0.492 e. The molecule has 28 heavy (non-hydrogen) atoms. The van der Waals surface area contributed by atoms with E-state index in [4.69, 9.17) is 9.47 Å². The Morgan fingerprint density at radius 3 is 2.46 bits per heavy atom. The van der Waals surface area contributed by atoms with Gasteiger partial charge in [-0.05, 0) is 55.8 Å². The fourth-order valence-electron chi connectivity index (χ4n) is 2.68. The van der Waals surface area contributed by atoms with E-state index in [1.807, 2.05) is 56.6 Å². The topological polar surface area (TPSA) is 50.8 Å². The van der Waals surface area contributed by atoms with Gasteiger partial charge in [0, 0.05) is 13.1 Å². The number of carbonyl (C=O) groups is 1. The molecule has 0 saturated carbocycles. The van der Waals surface area contributed by atoms with E-state index in [0.29, 0.717) is 19.1 Å². The highest BCUT2D eigenvalue weighted by Gasteiger charge is 2.11. The number of hydrogen-bond acceptors (Lipinski definition) is 4. The number of carbonyl (C=O) groups excluding carboxylic acids is 1. The van der Waals surface area contributed by atoms with Crippen molar-refractivity contribution in [3.05, 3.63) is 59.7 Å². The second-order valence-corrected chi connectivity index (χ2v) is 7.21. The zero-order valence-corrected chi connectivity index (χ0v) is 17.4. The SMILES string of the molecule is CCC(C)c1ccccc1OCC(=O)NCc1ccc(OCCN(C)C)cc1. The molecule has 1 atom stereocenters. The number of likely N-dealkylation sites (N-methyl/N-ethyl adjacent to an activating group) is 1. The molecule has 2 aromatic carbocycles. The Hall–Kier alpha value is -2.53. The first-order chi connectivity index (χ1) is 13.5. The first-order valence-electron chi connectivity index (χ1n) is 9.84. The van der Waals surface area contributed by atoms with Gasteiger partial charge in [-0.2, -0.15) is 0 Å². The lowest BCUT2D eigenvalue weighted by atomic mass is 9.98. The lowest BCUT2D eigenvalue weighted by Crippen LogP contribution is -2.28. The number of hydrogen-bond donors (Lipinski definition) is 1. The molecule has 1 unspecified atom stereocenters. The summed E-state index contributed by atoms with van der Waals surface area (Å²) in [5, 5.41) is 2.90. The molecule has 0 fully saturated rings. The van der Waals surface area contributed by atoms with Crippen molar-refractivity contribution in [2.24, 2.45) is 0 Å². The van der Waals surface area contributed by atoms with Gasteiger partial charge in [-0.25, -0.2) is 0 Å². The van der Waals surface area contributed by atoms with Gasteiger partial charge in [0.05, 0.1) is 0 Å². The van der Waals surface area contributed by atoms with Gasteiger partial charge in [0.2, 0.25) is 0 Å². The van der Waals surface area contributed by atoms with Crippen LogP contribution in [0.4, 0.5) is 0 Å². The molecule has 0 spiro atoms. The summed E-state index contributed by atoms with van der Waals surface area (Å²) in [6.07, 6.45) is 1.03. The van der Waals surface area contributed by atoms with Crippen LogP contribution in [0.3, 0.4) is 0 Å². The van der Waals surface area contributed by atoms with E-state index in [1.165, 1.54) is 0 Å². The largest absolute Gasteiger partial charge is 0.492 e. The molecule has 1 N–H and O–H groups in total. The van der Waals surface area contributed by atoms with Gasteiger partial charge >= 0.3 is 0 Å². The number of nitrogens with one attached hydrogen (secondary N) is 1.